The van der Waals surface area contributed by atoms with Gasteiger partial charge >= 0.3 is 5.69 Å². The molecule has 29 heavy (non-hydrogen) atoms. The summed E-state index contributed by atoms with van der Waals surface area (Å²) in [6.45, 7) is 12.1. The standard InChI is InChI=1S/C19H29N5O3.2ClH/c1-6-20-7-8-21-17(25)13-9-14(12(4)5)22-16-15(13)18(26)23-19(27)24(16)10-11(2)3;;/h9,11-12,20H,6-8,10H2,1-5H3,(H,21,25)(H,23,26,27);2*1H. The Morgan fingerprint density at radius 3 is 2.38 bits per heavy atom. The highest BCUT2D eigenvalue weighted by atomic mass is 35.5. The van der Waals surface area contributed by atoms with Crippen LogP contribution < -0.4 is 21.9 Å². The van der Waals surface area contributed by atoms with Crippen molar-refractivity contribution in [2.24, 2.45) is 5.92 Å². The fourth-order valence-corrected chi connectivity index (χ4v) is 2.84. The summed E-state index contributed by atoms with van der Waals surface area (Å²) in [5.74, 6) is -0.120. The fraction of sp³-hybridized carbons (Fsp3) is 0.579. The molecule has 0 spiro atoms. The first-order valence-corrected chi connectivity index (χ1v) is 9.42. The molecule has 0 saturated carbocycles. The lowest BCUT2D eigenvalue weighted by atomic mass is 10.0. The molecule has 0 bridgehead atoms. The Morgan fingerprint density at radius 2 is 1.83 bits per heavy atom. The van der Waals surface area contributed by atoms with E-state index in [4.69, 9.17) is 0 Å². The van der Waals surface area contributed by atoms with Gasteiger partial charge in [0.1, 0.15) is 0 Å². The largest absolute Gasteiger partial charge is 0.351 e. The zero-order chi connectivity index (χ0) is 20.1. The van der Waals surface area contributed by atoms with Gasteiger partial charge in [0.25, 0.3) is 11.5 Å². The maximum Gasteiger partial charge on any atom is 0.330 e. The number of hydrogen-bond acceptors (Lipinski definition) is 5. The Balaban J connectivity index is 0.00000392. The van der Waals surface area contributed by atoms with Gasteiger partial charge in [-0.3, -0.25) is 19.1 Å². The summed E-state index contributed by atoms with van der Waals surface area (Å²) in [7, 11) is 0. The predicted octanol–water partition coefficient (Wildman–Crippen LogP) is 2.05. The van der Waals surface area contributed by atoms with E-state index in [-0.39, 0.29) is 59.2 Å². The molecule has 10 heteroatoms. The van der Waals surface area contributed by atoms with E-state index in [1.807, 2.05) is 34.6 Å². The van der Waals surface area contributed by atoms with Gasteiger partial charge in [-0.2, -0.15) is 0 Å². The number of halogens is 2. The third-order valence-corrected chi connectivity index (χ3v) is 4.19. The molecule has 0 aromatic carbocycles. The molecular formula is C19H31Cl2N5O3. The number of carbonyl (C=O) groups is 1. The highest BCUT2D eigenvalue weighted by Gasteiger charge is 2.20. The molecule has 0 unspecified atom stereocenters. The van der Waals surface area contributed by atoms with E-state index in [1.54, 1.807) is 6.07 Å². The molecule has 0 fully saturated rings. The van der Waals surface area contributed by atoms with Gasteiger partial charge < -0.3 is 10.6 Å². The van der Waals surface area contributed by atoms with E-state index in [1.165, 1.54) is 4.57 Å². The molecule has 164 valence electrons. The van der Waals surface area contributed by atoms with Gasteiger partial charge in [-0.15, -0.1) is 24.8 Å². The number of aromatic amines is 1. The number of nitrogens with zero attached hydrogens (tertiary/aromatic N) is 2. The smallest absolute Gasteiger partial charge is 0.330 e. The van der Waals surface area contributed by atoms with E-state index in [0.717, 1.165) is 6.54 Å². The van der Waals surface area contributed by atoms with Crippen molar-refractivity contribution in [1.29, 1.82) is 0 Å². The maximum atomic E-state index is 12.8. The Morgan fingerprint density at radius 1 is 1.17 bits per heavy atom. The van der Waals surface area contributed by atoms with Crippen LogP contribution in [0.15, 0.2) is 15.7 Å². The summed E-state index contributed by atoms with van der Waals surface area (Å²) in [6.07, 6.45) is 0. The first kappa shape index (κ1) is 27.1. The van der Waals surface area contributed by atoms with Crippen LogP contribution in [0.2, 0.25) is 0 Å². The molecule has 2 aromatic rings. The van der Waals surface area contributed by atoms with Crippen LogP contribution in [0.4, 0.5) is 0 Å². The molecule has 0 aliphatic rings. The zero-order valence-corrected chi connectivity index (χ0v) is 19.1. The molecule has 1 amide bonds. The fourth-order valence-electron chi connectivity index (χ4n) is 2.84. The third-order valence-electron chi connectivity index (χ3n) is 4.19. The summed E-state index contributed by atoms with van der Waals surface area (Å²) in [6, 6.07) is 1.65. The third kappa shape index (κ3) is 6.55. The number of likely N-dealkylation sites (N-methyl/N-ethyl adjacent to an activating group) is 1. The number of rotatable bonds is 8. The zero-order valence-electron chi connectivity index (χ0n) is 17.5. The average molecular weight is 448 g/mol. The second kappa shape index (κ2) is 11.9. The number of carbonyl (C=O) groups excluding carboxylic acids is 1. The topological polar surface area (TPSA) is 109 Å². The van der Waals surface area contributed by atoms with Crippen molar-refractivity contribution in [2.75, 3.05) is 19.6 Å². The lowest BCUT2D eigenvalue weighted by Crippen LogP contribution is -2.35. The lowest BCUT2D eigenvalue weighted by Gasteiger charge is -2.16. The van der Waals surface area contributed by atoms with Gasteiger partial charge in [0.15, 0.2) is 5.65 Å². The van der Waals surface area contributed by atoms with Crippen LogP contribution in [0, 0.1) is 5.92 Å². The van der Waals surface area contributed by atoms with E-state index in [9.17, 15) is 14.4 Å². The van der Waals surface area contributed by atoms with Crippen molar-refractivity contribution in [3.63, 3.8) is 0 Å². The molecule has 2 rings (SSSR count). The predicted molar refractivity (Wildman–Crippen MR) is 121 cm³/mol. The second-order valence-electron chi connectivity index (χ2n) is 7.32. The Bertz CT molecular complexity index is 938. The van der Waals surface area contributed by atoms with Crippen molar-refractivity contribution in [3.05, 3.63) is 38.2 Å². The lowest BCUT2D eigenvalue weighted by molar-refractivity contribution is 0.0955. The van der Waals surface area contributed by atoms with Crippen molar-refractivity contribution in [3.8, 4) is 0 Å². The summed E-state index contributed by atoms with van der Waals surface area (Å²) in [5.41, 5.74) is 0.0871. The van der Waals surface area contributed by atoms with Gasteiger partial charge in [-0.1, -0.05) is 34.6 Å². The minimum absolute atomic E-state index is 0. The molecule has 0 aliphatic heterocycles. The van der Waals surface area contributed by atoms with Crippen molar-refractivity contribution in [2.45, 2.75) is 47.1 Å². The van der Waals surface area contributed by atoms with Gasteiger partial charge in [0, 0.05) is 25.3 Å². The quantitative estimate of drug-likeness (QED) is 0.536. The first-order valence-electron chi connectivity index (χ1n) is 9.42. The highest BCUT2D eigenvalue weighted by molar-refractivity contribution is 6.05. The number of hydrogen-bond donors (Lipinski definition) is 3. The van der Waals surface area contributed by atoms with Crippen LogP contribution in [0.1, 0.15) is 56.6 Å². The number of H-pyrrole nitrogens is 1. The summed E-state index contributed by atoms with van der Waals surface area (Å²) in [5, 5.41) is 6.11. The number of amides is 1. The number of nitrogens with one attached hydrogen (secondary N) is 3. The average Bonchev–Trinajstić information content (AvgIpc) is 2.60. The minimum atomic E-state index is -0.588. The molecule has 0 atom stereocenters. The van der Waals surface area contributed by atoms with Crippen LogP contribution in [0.25, 0.3) is 11.0 Å². The first-order chi connectivity index (χ1) is 12.8. The van der Waals surface area contributed by atoms with Crippen LogP contribution in [-0.2, 0) is 6.54 Å². The van der Waals surface area contributed by atoms with Gasteiger partial charge in [0.05, 0.1) is 10.9 Å². The van der Waals surface area contributed by atoms with Crippen molar-refractivity contribution < 1.29 is 4.79 Å². The Labute approximate surface area is 182 Å². The molecular weight excluding hydrogens is 417 g/mol. The van der Waals surface area contributed by atoms with E-state index >= 15 is 0 Å². The number of aromatic nitrogens is 3. The SMILES string of the molecule is CCNCCNC(=O)c1cc(C(C)C)nc2c1c(=O)[nH]c(=O)n2CC(C)C.Cl.Cl. The van der Waals surface area contributed by atoms with Crippen molar-refractivity contribution in [1.82, 2.24) is 25.2 Å². The van der Waals surface area contributed by atoms with E-state index in [0.29, 0.717) is 25.3 Å². The Hall–Kier alpha value is -1.90. The molecule has 2 aromatic heterocycles. The summed E-state index contributed by atoms with van der Waals surface area (Å²) < 4.78 is 1.45. The molecule has 0 aliphatic carbocycles. The summed E-state index contributed by atoms with van der Waals surface area (Å²) in [4.78, 5) is 44.5. The molecule has 3 N–H and O–H groups in total. The second-order valence-corrected chi connectivity index (χ2v) is 7.32. The van der Waals surface area contributed by atoms with Gasteiger partial charge in [-0.25, -0.2) is 9.78 Å². The Kier molecular flexibility index (Phi) is 11.2. The monoisotopic (exact) mass is 447 g/mol. The summed E-state index contributed by atoms with van der Waals surface area (Å²) >= 11 is 0. The van der Waals surface area contributed by atoms with Crippen LogP contribution in [0.5, 0.6) is 0 Å². The van der Waals surface area contributed by atoms with Gasteiger partial charge in [-0.05, 0) is 24.4 Å². The molecule has 0 radical (unpaired) electrons. The van der Waals surface area contributed by atoms with E-state index in [2.05, 4.69) is 20.6 Å². The van der Waals surface area contributed by atoms with Gasteiger partial charge in [0.2, 0.25) is 0 Å². The van der Waals surface area contributed by atoms with Crippen LogP contribution >= 0.6 is 24.8 Å². The molecule has 8 nitrogen and oxygen atoms in total. The highest BCUT2D eigenvalue weighted by Crippen LogP contribution is 2.20. The minimum Gasteiger partial charge on any atom is -0.351 e. The van der Waals surface area contributed by atoms with Crippen LogP contribution in [-0.4, -0.2) is 40.1 Å². The van der Waals surface area contributed by atoms with Crippen LogP contribution in [0.3, 0.4) is 0 Å². The molecule has 0 saturated heterocycles. The number of fused-ring (bicyclic) bond motifs is 1. The number of pyridine rings is 1. The maximum absolute atomic E-state index is 12.8. The normalized spacial score (nSPS) is 10.7. The van der Waals surface area contributed by atoms with E-state index < -0.39 is 11.2 Å². The van der Waals surface area contributed by atoms with Crippen molar-refractivity contribution >= 4 is 41.8 Å². The molecule has 2 heterocycles.